The highest BCUT2D eigenvalue weighted by Gasteiger charge is 2.25. The van der Waals surface area contributed by atoms with Gasteiger partial charge in [-0.15, -0.1) is 0 Å². The highest BCUT2D eigenvalue weighted by Crippen LogP contribution is 2.28. The third kappa shape index (κ3) is 3.80. The topological polar surface area (TPSA) is 75.3 Å². The van der Waals surface area contributed by atoms with Crippen molar-refractivity contribution in [2.45, 2.75) is 38.6 Å². The van der Waals surface area contributed by atoms with Gasteiger partial charge in [0.2, 0.25) is 5.91 Å². The molecule has 4 heteroatoms. The van der Waals surface area contributed by atoms with Crippen LogP contribution < -0.4 is 11.1 Å². The minimum absolute atomic E-state index is 0.00385. The number of hydrogen-bond acceptors (Lipinski definition) is 3. The second kappa shape index (κ2) is 6.08. The first kappa shape index (κ1) is 12.5. The zero-order valence-electron chi connectivity index (χ0n) is 9.41. The summed E-state index contributed by atoms with van der Waals surface area (Å²) in [6.45, 7) is 2.55. The Morgan fingerprint density at radius 3 is 2.53 bits per heavy atom. The van der Waals surface area contributed by atoms with Crippen LogP contribution in [-0.2, 0) is 4.79 Å². The van der Waals surface area contributed by atoms with Gasteiger partial charge in [-0.2, -0.15) is 0 Å². The fourth-order valence-corrected chi connectivity index (χ4v) is 2.07. The Morgan fingerprint density at radius 1 is 1.47 bits per heavy atom. The van der Waals surface area contributed by atoms with Crippen molar-refractivity contribution in [3.63, 3.8) is 0 Å². The maximum Gasteiger partial charge on any atom is 0.223 e. The quantitative estimate of drug-likeness (QED) is 0.628. The van der Waals surface area contributed by atoms with Gasteiger partial charge in [-0.25, -0.2) is 0 Å². The van der Waals surface area contributed by atoms with Crippen LogP contribution in [-0.4, -0.2) is 30.2 Å². The van der Waals surface area contributed by atoms with Gasteiger partial charge in [-0.3, -0.25) is 4.79 Å². The lowest BCUT2D eigenvalue weighted by molar-refractivity contribution is -0.127. The van der Waals surface area contributed by atoms with Gasteiger partial charge in [0.15, 0.2) is 0 Å². The Kier molecular flexibility index (Phi) is 5.05. The third-order valence-electron chi connectivity index (χ3n) is 3.21. The molecule has 0 radical (unpaired) electrons. The average Bonchev–Trinajstić information content (AvgIpc) is 2.29. The van der Waals surface area contributed by atoms with Gasteiger partial charge in [-0.1, -0.05) is 0 Å². The van der Waals surface area contributed by atoms with Gasteiger partial charge in [0.25, 0.3) is 0 Å². The molecule has 4 nitrogen and oxygen atoms in total. The summed E-state index contributed by atoms with van der Waals surface area (Å²) in [7, 11) is 0. The van der Waals surface area contributed by atoms with E-state index < -0.39 is 0 Å². The molecule has 4 N–H and O–H groups in total. The molecule has 0 saturated heterocycles. The predicted molar refractivity (Wildman–Crippen MR) is 59.2 cm³/mol. The van der Waals surface area contributed by atoms with E-state index in [1.165, 1.54) is 0 Å². The van der Waals surface area contributed by atoms with E-state index in [0.717, 1.165) is 32.2 Å². The number of aliphatic hydroxyl groups excluding tert-OH is 1. The molecule has 1 aliphatic carbocycles. The molecular formula is C11H22N2O2. The lowest BCUT2D eigenvalue weighted by Crippen LogP contribution is -2.40. The number of nitrogens with two attached hydrogens (primary N) is 1. The van der Waals surface area contributed by atoms with Crippen LogP contribution in [0.5, 0.6) is 0 Å². The number of carbonyl (C=O) groups is 1. The number of aliphatic hydroxyl groups is 1. The first-order valence-corrected chi connectivity index (χ1v) is 5.78. The normalized spacial score (nSPS) is 28.5. The van der Waals surface area contributed by atoms with E-state index in [9.17, 15) is 4.79 Å². The van der Waals surface area contributed by atoms with Crippen LogP contribution >= 0.6 is 0 Å². The first-order valence-electron chi connectivity index (χ1n) is 5.78. The summed E-state index contributed by atoms with van der Waals surface area (Å²) < 4.78 is 0. The van der Waals surface area contributed by atoms with Gasteiger partial charge in [0.1, 0.15) is 0 Å². The van der Waals surface area contributed by atoms with Gasteiger partial charge >= 0.3 is 0 Å². The van der Waals surface area contributed by atoms with Crippen molar-refractivity contribution in [1.82, 2.24) is 5.32 Å². The van der Waals surface area contributed by atoms with E-state index in [1.807, 2.05) is 6.92 Å². The smallest absolute Gasteiger partial charge is 0.223 e. The maximum absolute atomic E-state index is 11.7. The van der Waals surface area contributed by atoms with E-state index in [1.54, 1.807) is 0 Å². The molecule has 88 valence electrons. The Hall–Kier alpha value is -0.610. The highest BCUT2D eigenvalue weighted by molar-refractivity contribution is 5.78. The Labute approximate surface area is 91.2 Å². The molecule has 0 spiro atoms. The second-order valence-electron chi connectivity index (χ2n) is 4.55. The van der Waals surface area contributed by atoms with Crippen LogP contribution in [0.25, 0.3) is 0 Å². The van der Waals surface area contributed by atoms with E-state index in [2.05, 4.69) is 5.32 Å². The van der Waals surface area contributed by atoms with Crippen molar-refractivity contribution in [1.29, 1.82) is 0 Å². The lowest BCUT2D eigenvalue weighted by atomic mass is 9.81. The van der Waals surface area contributed by atoms with E-state index in [4.69, 9.17) is 10.8 Å². The first-order chi connectivity index (χ1) is 7.17. The summed E-state index contributed by atoms with van der Waals surface area (Å²) in [6, 6.07) is -0.135. The minimum atomic E-state index is -0.135. The molecule has 1 aliphatic rings. The van der Waals surface area contributed by atoms with Crippen LogP contribution in [0.4, 0.5) is 0 Å². The zero-order chi connectivity index (χ0) is 11.3. The van der Waals surface area contributed by atoms with Crippen molar-refractivity contribution in [2.24, 2.45) is 17.6 Å². The zero-order valence-corrected chi connectivity index (χ0v) is 9.41. The van der Waals surface area contributed by atoms with Crippen molar-refractivity contribution in [2.75, 3.05) is 13.2 Å². The van der Waals surface area contributed by atoms with Gasteiger partial charge in [0, 0.05) is 12.0 Å². The third-order valence-corrected chi connectivity index (χ3v) is 3.21. The van der Waals surface area contributed by atoms with E-state index >= 15 is 0 Å². The molecule has 15 heavy (non-hydrogen) atoms. The highest BCUT2D eigenvalue weighted by atomic mass is 16.3. The van der Waals surface area contributed by atoms with Crippen LogP contribution in [0.2, 0.25) is 0 Å². The molecule has 1 atom stereocenters. The van der Waals surface area contributed by atoms with Gasteiger partial charge in [-0.05, 0) is 45.1 Å². The number of rotatable bonds is 4. The molecule has 0 heterocycles. The number of hydrogen-bond donors (Lipinski definition) is 3. The monoisotopic (exact) mass is 214 g/mol. The fourth-order valence-electron chi connectivity index (χ4n) is 2.07. The molecule has 0 aromatic rings. The molecule has 0 aliphatic heterocycles. The van der Waals surface area contributed by atoms with Crippen molar-refractivity contribution >= 4 is 5.91 Å². The molecule has 1 rings (SSSR count). The molecule has 0 aromatic heterocycles. The maximum atomic E-state index is 11.7. The van der Waals surface area contributed by atoms with Crippen LogP contribution in [0.3, 0.4) is 0 Å². The molecule has 0 aromatic carbocycles. The number of nitrogens with one attached hydrogen (secondary N) is 1. The van der Waals surface area contributed by atoms with Crippen LogP contribution in [0.1, 0.15) is 32.6 Å². The van der Waals surface area contributed by atoms with Crippen molar-refractivity contribution < 1.29 is 9.90 Å². The van der Waals surface area contributed by atoms with Crippen molar-refractivity contribution in [3.8, 4) is 0 Å². The van der Waals surface area contributed by atoms with Gasteiger partial charge < -0.3 is 16.2 Å². The molecule has 1 saturated carbocycles. The Bertz CT molecular complexity index is 201. The van der Waals surface area contributed by atoms with Crippen LogP contribution in [0, 0.1) is 11.8 Å². The lowest BCUT2D eigenvalue weighted by Gasteiger charge is -2.27. The molecule has 0 unspecified atom stereocenters. The molecular weight excluding hydrogens is 192 g/mol. The minimum Gasteiger partial charge on any atom is -0.394 e. The summed E-state index contributed by atoms with van der Waals surface area (Å²) in [5, 5.41) is 11.6. The summed E-state index contributed by atoms with van der Waals surface area (Å²) >= 11 is 0. The Morgan fingerprint density at radius 2 is 2.07 bits per heavy atom. The largest absolute Gasteiger partial charge is 0.394 e. The molecule has 1 fully saturated rings. The van der Waals surface area contributed by atoms with Crippen molar-refractivity contribution in [3.05, 3.63) is 0 Å². The molecule has 0 bridgehead atoms. The average molecular weight is 214 g/mol. The SMILES string of the molecule is C[C@H](CO)NC(=O)C1CCC(CN)CC1. The Balaban J connectivity index is 2.30. The molecule has 1 amide bonds. The predicted octanol–water partition coefficient (Wildman–Crippen LogP) is 0.249. The second-order valence-corrected chi connectivity index (χ2v) is 4.55. The summed E-state index contributed by atoms with van der Waals surface area (Å²) in [4.78, 5) is 11.7. The van der Waals surface area contributed by atoms with E-state index in [0.29, 0.717) is 5.92 Å². The van der Waals surface area contributed by atoms with Gasteiger partial charge in [0.05, 0.1) is 6.61 Å². The standard InChI is InChI=1S/C11H22N2O2/c1-8(7-14)13-11(15)10-4-2-9(6-12)3-5-10/h8-10,14H,2-7,12H2,1H3,(H,13,15)/t8-,9?,10?/m1/s1. The summed E-state index contributed by atoms with van der Waals surface area (Å²) in [5.74, 6) is 0.818. The fraction of sp³-hybridized carbons (Fsp3) is 0.909. The van der Waals surface area contributed by atoms with E-state index in [-0.39, 0.29) is 24.5 Å². The summed E-state index contributed by atoms with van der Waals surface area (Å²) in [5.41, 5.74) is 5.59. The summed E-state index contributed by atoms with van der Waals surface area (Å²) in [6.07, 6.45) is 3.99. The van der Waals surface area contributed by atoms with Crippen LogP contribution in [0.15, 0.2) is 0 Å². The number of carbonyl (C=O) groups excluding carboxylic acids is 1. The number of amides is 1.